The molecule has 0 saturated heterocycles. The highest BCUT2D eigenvalue weighted by molar-refractivity contribution is 9.10. The van der Waals surface area contributed by atoms with Crippen LogP contribution in [0.2, 0.25) is 0 Å². The van der Waals surface area contributed by atoms with Crippen molar-refractivity contribution in [1.82, 2.24) is 0 Å². The van der Waals surface area contributed by atoms with E-state index in [1.54, 1.807) is 6.92 Å². The van der Waals surface area contributed by atoms with E-state index in [2.05, 4.69) is 21.2 Å². The molecule has 0 fully saturated rings. The second-order valence-electron chi connectivity index (χ2n) is 4.08. The second-order valence-corrected chi connectivity index (χ2v) is 5.00. The molecule has 18 heavy (non-hydrogen) atoms. The molecule has 0 amide bonds. The lowest BCUT2D eigenvalue weighted by Gasteiger charge is -2.10. The fourth-order valence-corrected chi connectivity index (χ4v) is 2.01. The van der Waals surface area contributed by atoms with Crippen LogP contribution < -0.4 is 5.32 Å². The maximum atomic E-state index is 11.5. The van der Waals surface area contributed by atoms with Crippen molar-refractivity contribution in [2.45, 2.75) is 13.5 Å². The smallest absolute Gasteiger partial charge is 0.161 e. The average molecular weight is 304 g/mol. The third-order valence-corrected chi connectivity index (χ3v) is 3.23. The van der Waals surface area contributed by atoms with Gasteiger partial charge in [-0.15, -0.1) is 0 Å². The third-order valence-electron chi connectivity index (χ3n) is 2.70. The molecule has 0 aromatic heterocycles. The van der Waals surface area contributed by atoms with Crippen molar-refractivity contribution in [2.75, 3.05) is 5.32 Å². The van der Waals surface area contributed by atoms with Gasteiger partial charge in [-0.1, -0.05) is 40.2 Å². The molecule has 0 aliphatic heterocycles. The van der Waals surface area contributed by atoms with E-state index >= 15 is 0 Å². The van der Waals surface area contributed by atoms with Gasteiger partial charge in [0.2, 0.25) is 0 Å². The number of ketones is 1. The summed E-state index contributed by atoms with van der Waals surface area (Å²) in [5.41, 5.74) is 2.79. The highest BCUT2D eigenvalue weighted by Crippen LogP contribution is 2.17. The zero-order valence-electron chi connectivity index (χ0n) is 10.1. The fraction of sp³-hybridized carbons (Fsp3) is 0.133. The summed E-state index contributed by atoms with van der Waals surface area (Å²) < 4.78 is 1.07. The molecule has 1 N–H and O–H groups in total. The van der Waals surface area contributed by atoms with Gasteiger partial charge < -0.3 is 5.32 Å². The minimum Gasteiger partial charge on any atom is -0.380 e. The predicted molar refractivity (Wildman–Crippen MR) is 77.9 cm³/mol. The van der Waals surface area contributed by atoms with E-state index < -0.39 is 0 Å². The molecule has 0 saturated carbocycles. The van der Waals surface area contributed by atoms with Gasteiger partial charge in [0.25, 0.3) is 0 Å². The summed E-state index contributed by atoms with van der Waals surface area (Å²) in [5.74, 6) is 0.0777. The number of rotatable bonds is 4. The first kappa shape index (κ1) is 12.8. The lowest BCUT2D eigenvalue weighted by Crippen LogP contribution is -2.04. The molecular weight excluding hydrogens is 290 g/mol. The molecule has 0 spiro atoms. The van der Waals surface area contributed by atoms with Crippen LogP contribution in [0.15, 0.2) is 53.0 Å². The van der Waals surface area contributed by atoms with Crippen molar-refractivity contribution in [3.8, 4) is 0 Å². The molecule has 2 rings (SSSR count). The largest absolute Gasteiger partial charge is 0.380 e. The second kappa shape index (κ2) is 5.83. The maximum Gasteiger partial charge on any atom is 0.161 e. The van der Waals surface area contributed by atoms with Crippen LogP contribution in [0.1, 0.15) is 22.8 Å². The van der Waals surface area contributed by atoms with Crippen LogP contribution in [-0.4, -0.2) is 5.78 Å². The molecule has 0 aliphatic carbocycles. The van der Waals surface area contributed by atoms with E-state index in [1.165, 1.54) is 5.56 Å². The normalized spacial score (nSPS) is 10.1. The Labute approximate surface area is 115 Å². The molecule has 3 heteroatoms. The first-order chi connectivity index (χ1) is 8.66. The van der Waals surface area contributed by atoms with Gasteiger partial charge in [-0.3, -0.25) is 4.79 Å². The van der Waals surface area contributed by atoms with E-state index in [-0.39, 0.29) is 5.78 Å². The van der Waals surface area contributed by atoms with Gasteiger partial charge in [-0.2, -0.15) is 0 Å². The number of halogens is 1. The molecular formula is C15H14BrNO. The van der Waals surface area contributed by atoms with E-state index in [4.69, 9.17) is 0 Å². The lowest BCUT2D eigenvalue weighted by molar-refractivity contribution is 0.101. The van der Waals surface area contributed by atoms with E-state index in [1.807, 2.05) is 48.5 Å². The molecule has 0 radical (unpaired) electrons. The predicted octanol–water partition coefficient (Wildman–Crippen LogP) is 4.26. The molecule has 92 valence electrons. The minimum absolute atomic E-state index is 0.0777. The van der Waals surface area contributed by atoms with Gasteiger partial charge in [0.15, 0.2) is 5.78 Å². The van der Waals surface area contributed by atoms with Gasteiger partial charge >= 0.3 is 0 Å². The summed E-state index contributed by atoms with van der Waals surface area (Å²) >= 11 is 3.41. The Kier molecular flexibility index (Phi) is 4.15. The highest BCUT2D eigenvalue weighted by atomic mass is 79.9. The Morgan fingerprint density at radius 3 is 2.44 bits per heavy atom. The SMILES string of the molecule is CC(=O)c1ccccc1NCc1ccc(Br)cc1. The standard InChI is InChI=1S/C15H14BrNO/c1-11(18)14-4-2-3-5-15(14)17-10-12-6-8-13(16)9-7-12/h2-9,17H,10H2,1H3. The summed E-state index contributed by atoms with van der Waals surface area (Å²) in [6, 6.07) is 15.7. The number of para-hydroxylation sites is 1. The van der Waals surface area contributed by atoms with Gasteiger partial charge in [0.05, 0.1) is 0 Å². The molecule has 0 atom stereocenters. The van der Waals surface area contributed by atoms with Crippen LogP contribution in [0.25, 0.3) is 0 Å². The number of carbonyl (C=O) groups excluding carboxylic acids is 1. The van der Waals surface area contributed by atoms with Gasteiger partial charge in [0.1, 0.15) is 0 Å². The van der Waals surface area contributed by atoms with Gasteiger partial charge in [-0.25, -0.2) is 0 Å². The van der Waals surface area contributed by atoms with Crippen LogP contribution in [0.4, 0.5) is 5.69 Å². The lowest BCUT2D eigenvalue weighted by atomic mass is 10.1. The number of hydrogen-bond acceptors (Lipinski definition) is 2. The summed E-state index contributed by atoms with van der Waals surface area (Å²) in [6.45, 7) is 2.29. The Hall–Kier alpha value is -1.61. The summed E-state index contributed by atoms with van der Waals surface area (Å²) in [6.07, 6.45) is 0. The van der Waals surface area contributed by atoms with Crippen LogP contribution in [0.3, 0.4) is 0 Å². The van der Waals surface area contributed by atoms with E-state index in [0.29, 0.717) is 6.54 Å². The number of carbonyl (C=O) groups is 1. The number of nitrogens with one attached hydrogen (secondary N) is 1. The first-order valence-corrected chi connectivity index (χ1v) is 6.54. The Morgan fingerprint density at radius 1 is 1.11 bits per heavy atom. The van der Waals surface area contributed by atoms with Gasteiger partial charge in [0, 0.05) is 22.3 Å². The topological polar surface area (TPSA) is 29.1 Å². The molecule has 0 unspecified atom stereocenters. The Bertz CT molecular complexity index is 549. The van der Waals surface area contributed by atoms with E-state index in [9.17, 15) is 4.79 Å². The molecule has 2 nitrogen and oxygen atoms in total. The van der Waals surface area contributed by atoms with E-state index in [0.717, 1.165) is 15.7 Å². The number of benzene rings is 2. The van der Waals surface area contributed by atoms with Crippen molar-refractivity contribution in [3.63, 3.8) is 0 Å². The third kappa shape index (κ3) is 3.20. The van der Waals surface area contributed by atoms with Crippen LogP contribution in [0, 0.1) is 0 Å². The Balaban J connectivity index is 2.10. The van der Waals surface area contributed by atoms with Crippen LogP contribution in [-0.2, 0) is 6.54 Å². The van der Waals surface area contributed by atoms with Crippen LogP contribution >= 0.6 is 15.9 Å². The van der Waals surface area contributed by atoms with Crippen molar-refractivity contribution >= 4 is 27.4 Å². The first-order valence-electron chi connectivity index (χ1n) is 5.75. The van der Waals surface area contributed by atoms with Crippen molar-refractivity contribution in [3.05, 3.63) is 64.1 Å². The minimum atomic E-state index is 0.0777. The number of Topliss-reactive ketones (excluding diaryl/α,β-unsaturated/α-hetero) is 1. The van der Waals surface area contributed by atoms with Crippen molar-refractivity contribution in [1.29, 1.82) is 0 Å². The monoisotopic (exact) mass is 303 g/mol. The zero-order valence-corrected chi connectivity index (χ0v) is 11.7. The molecule has 0 heterocycles. The van der Waals surface area contributed by atoms with Crippen molar-refractivity contribution < 1.29 is 4.79 Å². The summed E-state index contributed by atoms with van der Waals surface area (Å²) in [5, 5.41) is 3.29. The fourth-order valence-electron chi connectivity index (χ4n) is 1.74. The average Bonchev–Trinajstić information content (AvgIpc) is 2.38. The molecule has 2 aromatic carbocycles. The zero-order chi connectivity index (χ0) is 13.0. The number of anilines is 1. The molecule has 0 aliphatic rings. The van der Waals surface area contributed by atoms with Crippen molar-refractivity contribution in [2.24, 2.45) is 0 Å². The summed E-state index contributed by atoms with van der Waals surface area (Å²) in [7, 11) is 0. The quantitative estimate of drug-likeness (QED) is 0.855. The summed E-state index contributed by atoms with van der Waals surface area (Å²) in [4.78, 5) is 11.5. The number of hydrogen-bond donors (Lipinski definition) is 1. The van der Waals surface area contributed by atoms with Gasteiger partial charge in [-0.05, 0) is 36.8 Å². The maximum absolute atomic E-state index is 11.5. The van der Waals surface area contributed by atoms with Crippen LogP contribution in [0.5, 0.6) is 0 Å². The molecule has 2 aromatic rings. The molecule has 0 bridgehead atoms. The highest BCUT2D eigenvalue weighted by Gasteiger charge is 2.05. The Morgan fingerprint density at radius 2 is 1.78 bits per heavy atom.